The molecule has 0 saturated heterocycles. The summed E-state index contributed by atoms with van der Waals surface area (Å²) in [5.41, 5.74) is 1.73. The van der Waals surface area contributed by atoms with E-state index in [0.717, 1.165) is 16.6 Å². The van der Waals surface area contributed by atoms with Crippen molar-refractivity contribution in [1.82, 2.24) is 5.32 Å². The van der Waals surface area contributed by atoms with E-state index in [1.54, 1.807) is 18.6 Å². The molecule has 1 unspecified atom stereocenters. The first kappa shape index (κ1) is 13.3. The zero-order valence-corrected chi connectivity index (χ0v) is 11.7. The van der Waals surface area contributed by atoms with Gasteiger partial charge in [-0.3, -0.25) is 0 Å². The van der Waals surface area contributed by atoms with Gasteiger partial charge in [0, 0.05) is 16.1 Å². The van der Waals surface area contributed by atoms with Crippen LogP contribution in [0.25, 0.3) is 0 Å². The van der Waals surface area contributed by atoms with Crippen LogP contribution in [0.3, 0.4) is 0 Å². The van der Waals surface area contributed by atoms with Crippen molar-refractivity contribution in [2.45, 2.75) is 19.4 Å². The SMILES string of the molecule is CCNC(Cc1ccoc1)c1cc(Br)ccc1F. The lowest BCUT2D eigenvalue weighted by Gasteiger charge is -2.18. The maximum atomic E-state index is 13.9. The molecular formula is C14H15BrFNO. The Kier molecular flexibility index (Phi) is 4.55. The van der Waals surface area contributed by atoms with Crippen LogP contribution in [0, 0.1) is 5.82 Å². The maximum absolute atomic E-state index is 13.9. The molecule has 1 aromatic heterocycles. The van der Waals surface area contributed by atoms with E-state index < -0.39 is 0 Å². The van der Waals surface area contributed by atoms with Crippen molar-refractivity contribution < 1.29 is 8.81 Å². The van der Waals surface area contributed by atoms with Crippen LogP contribution in [0.4, 0.5) is 4.39 Å². The molecule has 2 aromatic rings. The number of nitrogens with one attached hydrogen (secondary N) is 1. The molecule has 1 atom stereocenters. The standard InChI is InChI=1S/C14H15BrFNO/c1-2-17-14(7-10-5-6-18-9-10)12-8-11(15)3-4-13(12)16/h3-6,8-9,14,17H,2,7H2,1H3. The molecule has 1 aromatic carbocycles. The van der Waals surface area contributed by atoms with Crippen molar-refractivity contribution in [2.24, 2.45) is 0 Å². The van der Waals surface area contributed by atoms with Gasteiger partial charge in [0.15, 0.2) is 0 Å². The second kappa shape index (κ2) is 6.16. The van der Waals surface area contributed by atoms with Crippen LogP contribution in [-0.4, -0.2) is 6.54 Å². The fraction of sp³-hybridized carbons (Fsp3) is 0.286. The van der Waals surface area contributed by atoms with Gasteiger partial charge in [0.2, 0.25) is 0 Å². The summed E-state index contributed by atoms with van der Waals surface area (Å²) in [5.74, 6) is -0.187. The zero-order valence-electron chi connectivity index (χ0n) is 10.1. The highest BCUT2D eigenvalue weighted by atomic mass is 79.9. The molecule has 96 valence electrons. The Hall–Kier alpha value is -1.13. The van der Waals surface area contributed by atoms with E-state index in [-0.39, 0.29) is 11.9 Å². The number of rotatable bonds is 5. The van der Waals surface area contributed by atoms with Gasteiger partial charge in [-0.1, -0.05) is 22.9 Å². The number of hydrogen-bond donors (Lipinski definition) is 1. The summed E-state index contributed by atoms with van der Waals surface area (Å²) in [6.45, 7) is 2.80. The molecule has 0 aliphatic rings. The molecule has 1 heterocycles. The molecule has 2 nitrogen and oxygen atoms in total. The van der Waals surface area contributed by atoms with Gasteiger partial charge in [-0.2, -0.15) is 0 Å². The summed E-state index contributed by atoms with van der Waals surface area (Å²) in [6.07, 6.45) is 4.04. The van der Waals surface area contributed by atoms with E-state index in [9.17, 15) is 4.39 Å². The molecule has 1 N–H and O–H groups in total. The summed E-state index contributed by atoms with van der Waals surface area (Å²) in [6, 6.07) is 6.87. The smallest absolute Gasteiger partial charge is 0.128 e. The van der Waals surface area contributed by atoms with Crippen molar-refractivity contribution >= 4 is 15.9 Å². The summed E-state index contributed by atoms with van der Waals surface area (Å²) in [5, 5.41) is 3.30. The Morgan fingerprint density at radius 3 is 2.89 bits per heavy atom. The van der Waals surface area contributed by atoms with Crippen molar-refractivity contribution in [3.8, 4) is 0 Å². The van der Waals surface area contributed by atoms with Gasteiger partial charge in [-0.05, 0) is 42.8 Å². The topological polar surface area (TPSA) is 25.2 Å². The van der Waals surface area contributed by atoms with Crippen molar-refractivity contribution in [1.29, 1.82) is 0 Å². The fourth-order valence-electron chi connectivity index (χ4n) is 1.96. The van der Waals surface area contributed by atoms with Crippen LogP contribution >= 0.6 is 15.9 Å². The largest absolute Gasteiger partial charge is 0.472 e. The van der Waals surface area contributed by atoms with Gasteiger partial charge in [0.05, 0.1) is 12.5 Å². The highest BCUT2D eigenvalue weighted by Gasteiger charge is 2.16. The summed E-state index contributed by atoms with van der Waals surface area (Å²) < 4.78 is 19.8. The third-order valence-corrected chi connectivity index (χ3v) is 3.30. The Labute approximate surface area is 114 Å². The van der Waals surface area contributed by atoms with E-state index in [2.05, 4.69) is 21.2 Å². The van der Waals surface area contributed by atoms with Gasteiger partial charge in [-0.25, -0.2) is 4.39 Å². The van der Waals surface area contributed by atoms with Crippen LogP contribution in [0.15, 0.2) is 45.7 Å². The predicted octanol–water partition coefficient (Wildman–Crippen LogP) is 4.07. The lowest BCUT2D eigenvalue weighted by molar-refractivity contribution is 0.504. The second-order valence-corrected chi connectivity index (χ2v) is 5.03. The Morgan fingerprint density at radius 1 is 1.39 bits per heavy atom. The normalized spacial score (nSPS) is 12.6. The highest BCUT2D eigenvalue weighted by Crippen LogP contribution is 2.24. The second-order valence-electron chi connectivity index (χ2n) is 4.11. The molecule has 0 aliphatic heterocycles. The van der Waals surface area contributed by atoms with Gasteiger partial charge < -0.3 is 9.73 Å². The summed E-state index contributed by atoms with van der Waals surface area (Å²) in [7, 11) is 0. The molecule has 0 fully saturated rings. The molecule has 0 saturated carbocycles. The van der Waals surface area contributed by atoms with Gasteiger partial charge in [-0.15, -0.1) is 0 Å². The van der Waals surface area contributed by atoms with Gasteiger partial charge in [0.25, 0.3) is 0 Å². The van der Waals surface area contributed by atoms with Crippen molar-refractivity contribution in [3.63, 3.8) is 0 Å². The first-order chi connectivity index (χ1) is 8.70. The number of hydrogen-bond acceptors (Lipinski definition) is 2. The summed E-state index contributed by atoms with van der Waals surface area (Å²) in [4.78, 5) is 0. The maximum Gasteiger partial charge on any atom is 0.128 e. The molecule has 0 radical (unpaired) electrons. The number of furan rings is 1. The molecule has 0 spiro atoms. The molecular weight excluding hydrogens is 297 g/mol. The summed E-state index contributed by atoms with van der Waals surface area (Å²) >= 11 is 3.38. The number of likely N-dealkylation sites (N-methyl/N-ethyl adjacent to an activating group) is 1. The fourth-order valence-corrected chi connectivity index (χ4v) is 2.34. The van der Waals surface area contributed by atoms with Crippen molar-refractivity contribution in [2.75, 3.05) is 6.54 Å². The quantitative estimate of drug-likeness (QED) is 0.900. The minimum Gasteiger partial charge on any atom is -0.472 e. The molecule has 0 aliphatic carbocycles. The van der Waals surface area contributed by atoms with Gasteiger partial charge in [0.1, 0.15) is 5.82 Å². The zero-order chi connectivity index (χ0) is 13.0. The predicted molar refractivity (Wildman–Crippen MR) is 72.9 cm³/mol. The minimum absolute atomic E-state index is 0.0508. The first-order valence-corrected chi connectivity index (χ1v) is 6.69. The molecule has 0 bridgehead atoms. The van der Waals surface area contributed by atoms with E-state index in [4.69, 9.17) is 4.42 Å². The average molecular weight is 312 g/mol. The number of benzene rings is 1. The molecule has 2 rings (SSSR count). The third-order valence-electron chi connectivity index (χ3n) is 2.80. The van der Waals surface area contributed by atoms with Crippen LogP contribution in [0.1, 0.15) is 24.1 Å². The minimum atomic E-state index is -0.187. The molecule has 0 amide bonds. The van der Waals surface area contributed by atoms with Crippen LogP contribution in [0.5, 0.6) is 0 Å². The first-order valence-electron chi connectivity index (χ1n) is 5.90. The van der Waals surface area contributed by atoms with E-state index in [1.807, 2.05) is 19.1 Å². The van der Waals surface area contributed by atoms with Crippen LogP contribution < -0.4 is 5.32 Å². The Morgan fingerprint density at radius 2 is 2.22 bits per heavy atom. The van der Waals surface area contributed by atoms with E-state index in [0.29, 0.717) is 12.0 Å². The molecule has 18 heavy (non-hydrogen) atoms. The molecule has 4 heteroatoms. The Balaban J connectivity index is 2.26. The van der Waals surface area contributed by atoms with Crippen LogP contribution in [-0.2, 0) is 6.42 Å². The van der Waals surface area contributed by atoms with Crippen LogP contribution in [0.2, 0.25) is 0 Å². The van der Waals surface area contributed by atoms with E-state index in [1.165, 1.54) is 6.07 Å². The monoisotopic (exact) mass is 311 g/mol. The lowest BCUT2D eigenvalue weighted by atomic mass is 10.00. The van der Waals surface area contributed by atoms with Gasteiger partial charge >= 0.3 is 0 Å². The lowest BCUT2D eigenvalue weighted by Crippen LogP contribution is -2.23. The number of halogens is 2. The third kappa shape index (κ3) is 3.21. The average Bonchev–Trinajstić information content (AvgIpc) is 2.85. The van der Waals surface area contributed by atoms with E-state index >= 15 is 0 Å². The highest BCUT2D eigenvalue weighted by molar-refractivity contribution is 9.10. The Bertz CT molecular complexity index is 499. The van der Waals surface area contributed by atoms with Crippen molar-refractivity contribution in [3.05, 3.63) is 58.2 Å².